The molecule has 2 aromatic carbocycles. The molecule has 0 saturated heterocycles. The highest BCUT2D eigenvalue weighted by atomic mass is 19.1. The summed E-state index contributed by atoms with van der Waals surface area (Å²) in [5.41, 5.74) is 4.21. The number of benzene rings is 2. The van der Waals surface area contributed by atoms with Crippen LogP contribution in [0.15, 0.2) is 42.5 Å². The molecule has 3 rings (SSSR count). The van der Waals surface area contributed by atoms with Crippen LogP contribution in [0.1, 0.15) is 16.8 Å². The third-order valence-corrected chi connectivity index (χ3v) is 4.06. The largest absolute Gasteiger partial charge is 0.396 e. The molecule has 4 nitrogen and oxygen atoms in total. The Hall–Kier alpha value is -2.66. The average Bonchev–Trinajstić information content (AvgIpc) is 2.85. The van der Waals surface area contributed by atoms with Crippen molar-refractivity contribution >= 4 is 22.5 Å². The summed E-state index contributed by atoms with van der Waals surface area (Å²) in [6, 6.07) is 11.9. The molecule has 0 atom stereocenters. The van der Waals surface area contributed by atoms with E-state index in [0.717, 1.165) is 27.7 Å². The normalized spacial score (nSPS) is 11.0. The molecule has 0 aliphatic heterocycles. The van der Waals surface area contributed by atoms with Crippen molar-refractivity contribution in [1.29, 1.82) is 0 Å². The predicted octanol–water partition coefficient (Wildman–Crippen LogP) is 3.33. The second-order valence-corrected chi connectivity index (χ2v) is 5.81. The number of rotatable bonds is 5. The molecule has 24 heavy (non-hydrogen) atoms. The number of anilines is 1. The minimum absolute atomic E-state index is 0.0993. The summed E-state index contributed by atoms with van der Waals surface area (Å²) in [5, 5.41) is 12.5. The molecule has 124 valence electrons. The Morgan fingerprint density at radius 2 is 1.96 bits per heavy atom. The number of hydrogen-bond acceptors (Lipinski definition) is 2. The van der Waals surface area contributed by atoms with E-state index in [4.69, 9.17) is 5.11 Å². The van der Waals surface area contributed by atoms with E-state index in [1.54, 1.807) is 6.07 Å². The third kappa shape index (κ3) is 3.46. The number of nitrogens with one attached hydrogen (secondary N) is 2. The highest BCUT2D eigenvalue weighted by molar-refractivity contribution is 5.96. The molecule has 0 aliphatic rings. The Morgan fingerprint density at radius 3 is 2.67 bits per heavy atom. The minimum atomic E-state index is -0.317. The van der Waals surface area contributed by atoms with Gasteiger partial charge in [0.15, 0.2) is 0 Å². The van der Waals surface area contributed by atoms with Gasteiger partial charge in [0, 0.05) is 28.9 Å². The third-order valence-electron chi connectivity index (χ3n) is 4.06. The van der Waals surface area contributed by atoms with Crippen molar-refractivity contribution < 1.29 is 14.3 Å². The molecule has 3 aromatic rings. The first-order valence-electron chi connectivity index (χ1n) is 7.83. The summed E-state index contributed by atoms with van der Waals surface area (Å²) in [7, 11) is 0. The maximum absolute atomic E-state index is 13.5. The summed E-state index contributed by atoms with van der Waals surface area (Å²) in [6.45, 7) is 1.98. The van der Waals surface area contributed by atoms with Crippen molar-refractivity contribution in [2.24, 2.45) is 0 Å². The fourth-order valence-electron chi connectivity index (χ4n) is 2.83. The highest BCUT2D eigenvalue weighted by Crippen LogP contribution is 2.24. The van der Waals surface area contributed by atoms with E-state index in [-0.39, 0.29) is 24.8 Å². The molecule has 3 N–H and O–H groups in total. The smallest absolute Gasteiger partial charge is 0.228 e. The highest BCUT2D eigenvalue weighted by Gasteiger charge is 2.13. The van der Waals surface area contributed by atoms with Gasteiger partial charge in [0.05, 0.1) is 6.42 Å². The van der Waals surface area contributed by atoms with Crippen LogP contribution in [-0.2, 0) is 17.6 Å². The Morgan fingerprint density at radius 1 is 1.21 bits per heavy atom. The van der Waals surface area contributed by atoms with E-state index in [1.807, 2.05) is 31.2 Å². The van der Waals surface area contributed by atoms with Crippen molar-refractivity contribution in [1.82, 2.24) is 4.98 Å². The van der Waals surface area contributed by atoms with Crippen molar-refractivity contribution in [3.63, 3.8) is 0 Å². The monoisotopic (exact) mass is 326 g/mol. The van der Waals surface area contributed by atoms with Gasteiger partial charge in [-0.05, 0) is 54.8 Å². The number of aromatic nitrogens is 1. The van der Waals surface area contributed by atoms with Gasteiger partial charge < -0.3 is 15.4 Å². The number of aliphatic hydroxyl groups is 1. The maximum Gasteiger partial charge on any atom is 0.228 e. The summed E-state index contributed by atoms with van der Waals surface area (Å²) >= 11 is 0. The van der Waals surface area contributed by atoms with Gasteiger partial charge in [-0.15, -0.1) is 0 Å². The van der Waals surface area contributed by atoms with E-state index in [1.165, 1.54) is 12.1 Å². The molecular weight excluding hydrogens is 307 g/mol. The zero-order valence-corrected chi connectivity index (χ0v) is 13.4. The summed E-state index contributed by atoms with van der Waals surface area (Å²) in [4.78, 5) is 15.5. The van der Waals surface area contributed by atoms with Crippen LogP contribution in [-0.4, -0.2) is 22.6 Å². The van der Waals surface area contributed by atoms with Crippen LogP contribution in [0.2, 0.25) is 0 Å². The fourth-order valence-corrected chi connectivity index (χ4v) is 2.83. The van der Waals surface area contributed by atoms with Crippen LogP contribution in [0.3, 0.4) is 0 Å². The molecule has 0 radical (unpaired) electrons. The van der Waals surface area contributed by atoms with E-state index >= 15 is 0 Å². The van der Waals surface area contributed by atoms with E-state index < -0.39 is 0 Å². The second-order valence-electron chi connectivity index (χ2n) is 5.81. The fraction of sp³-hybridized carbons (Fsp3) is 0.211. The molecule has 1 amide bonds. The number of fused-ring (bicyclic) bond motifs is 1. The van der Waals surface area contributed by atoms with E-state index in [2.05, 4.69) is 10.3 Å². The zero-order valence-electron chi connectivity index (χ0n) is 13.4. The number of hydrogen-bond donors (Lipinski definition) is 3. The lowest BCUT2D eigenvalue weighted by atomic mass is 10.1. The van der Waals surface area contributed by atoms with Crippen LogP contribution in [0.5, 0.6) is 0 Å². The lowest BCUT2D eigenvalue weighted by Gasteiger charge is -2.07. The summed E-state index contributed by atoms with van der Waals surface area (Å²) in [6.07, 6.45) is 0.766. The number of aryl methyl sites for hydroxylation is 1. The second kappa shape index (κ2) is 6.84. The van der Waals surface area contributed by atoms with Crippen molar-refractivity contribution in [2.75, 3.05) is 11.9 Å². The summed E-state index contributed by atoms with van der Waals surface area (Å²) < 4.78 is 13.5. The average molecular weight is 326 g/mol. The predicted molar refractivity (Wildman–Crippen MR) is 92.6 cm³/mol. The quantitative estimate of drug-likeness (QED) is 0.673. The summed E-state index contributed by atoms with van der Waals surface area (Å²) in [5.74, 6) is -0.471. The van der Waals surface area contributed by atoms with Crippen LogP contribution in [0.4, 0.5) is 10.1 Å². The number of amides is 1. The molecule has 5 heteroatoms. The lowest BCUT2D eigenvalue weighted by Crippen LogP contribution is -2.14. The first kappa shape index (κ1) is 16.2. The van der Waals surface area contributed by atoms with Gasteiger partial charge in [0.1, 0.15) is 5.82 Å². The number of carbonyl (C=O) groups excluding carboxylic acids is 1. The number of H-pyrrole nitrogens is 1. The van der Waals surface area contributed by atoms with Crippen LogP contribution in [0, 0.1) is 12.7 Å². The molecule has 0 unspecified atom stereocenters. The SMILES string of the molecule is Cc1[nH]c2ccc(F)cc2c1CC(=O)Nc1ccc(CCO)cc1. The van der Waals surface area contributed by atoms with Gasteiger partial charge in [0.25, 0.3) is 0 Å². The van der Waals surface area contributed by atoms with Gasteiger partial charge in [-0.1, -0.05) is 12.1 Å². The Kier molecular flexibility index (Phi) is 4.62. The topological polar surface area (TPSA) is 65.1 Å². The van der Waals surface area contributed by atoms with Crippen molar-refractivity contribution in [2.45, 2.75) is 19.8 Å². The Bertz CT molecular complexity index is 869. The molecular formula is C19H19FN2O2. The van der Waals surface area contributed by atoms with Crippen LogP contribution >= 0.6 is 0 Å². The first-order chi connectivity index (χ1) is 11.6. The van der Waals surface area contributed by atoms with Crippen molar-refractivity contribution in [3.8, 4) is 0 Å². The molecule has 0 fully saturated rings. The van der Waals surface area contributed by atoms with E-state index in [0.29, 0.717) is 12.1 Å². The number of halogens is 1. The van der Waals surface area contributed by atoms with Gasteiger partial charge in [-0.25, -0.2) is 4.39 Å². The standard InChI is InChI=1S/C19H19FN2O2/c1-12-16(17-10-14(20)4-7-18(17)21-12)11-19(24)22-15-5-2-13(3-6-15)8-9-23/h2-7,10,21,23H,8-9,11H2,1H3,(H,22,24). The van der Waals surface area contributed by atoms with Crippen molar-refractivity contribution in [3.05, 3.63) is 65.1 Å². The molecule has 1 heterocycles. The minimum Gasteiger partial charge on any atom is -0.396 e. The van der Waals surface area contributed by atoms with E-state index in [9.17, 15) is 9.18 Å². The molecule has 0 saturated carbocycles. The molecule has 1 aromatic heterocycles. The van der Waals surface area contributed by atoms with Crippen LogP contribution in [0.25, 0.3) is 10.9 Å². The molecule has 0 spiro atoms. The van der Waals surface area contributed by atoms with Gasteiger partial charge in [-0.3, -0.25) is 4.79 Å². The Balaban J connectivity index is 1.75. The van der Waals surface area contributed by atoms with Gasteiger partial charge in [-0.2, -0.15) is 0 Å². The number of aliphatic hydroxyl groups excluding tert-OH is 1. The van der Waals surface area contributed by atoms with Gasteiger partial charge in [0.2, 0.25) is 5.91 Å². The lowest BCUT2D eigenvalue weighted by molar-refractivity contribution is -0.115. The number of carbonyl (C=O) groups is 1. The molecule has 0 bridgehead atoms. The number of aromatic amines is 1. The zero-order chi connectivity index (χ0) is 17.1. The maximum atomic E-state index is 13.5. The van der Waals surface area contributed by atoms with Gasteiger partial charge >= 0.3 is 0 Å². The Labute approximate surface area is 139 Å². The first-order valence-corrected chi connectivity index (χ1v) is 7.83. The molecule has 0 aliphatic carbocycles. The van der Waals surface area contributed by atoms with Crippen LogP contribution < -0.4 is 5.32 Å².